The summed E-state index contributed by atoms with van der Waals surface area (Å²) in [4.78, 5) is 2.45. The molecule has 3 heterocycles. The summed E-state index contributed by atoms with van der Waals surface area (Å²) in [6, 6.07) is 33.5. The highest BCUT2D eigenvalue weighted by Crippen LogP contribution is 2.58. The maximum atomic E-state index is 3.78. The summed E-state index contributed by atoms with van der Waals surface area (Å²) in [6.45, 7) is 5.45. The first-order chi connectivity index (χ1) is 20.7. The van der Waals surface area contributed by atoms with Gasteiger partial charge in [0.05, 0.1) is 22.8 Å². The number of benzene rings is 4. The van der Waals surface area contributed by atoms with Crippen LogP contribution in [-0.4, -0.2) is 12.6 Å². The van der Waals surface area contributed by atoms with Crippen LogP contribution >= 0.6 is 0 Å². The van der Waals surface area contributed by atoms with Gasteiger partial charge in [-0.2, -0.15) is 0 Å². The van der Waals surface area contributed by atoms with Crippen molar-refractivity contribution in [2.75, 3.05) is 11.4 Å². The van der Waals surface area contributed by atoms with Crippen LogP contribution in [0.3, 0.4) is 0 Å². The molecule has 0 radical (unpaired) electrons. The SMILES string of the molecule is CC1=C(C)C(C2=CC=CCN2)(C2C=CC=CN2)c2cc3c(cc21)N(c1ccccc1)c1ccccc1-c1ccccc1-3. The lowest BCUT2D eigenvalue weighted by atomic mass is 9.67. The maximum absolute atomic E-state index is 3.78. The lowest BCUT2D eigenvalue weighted by molar-refractivity contribution is 0.455. The van der Waals surface area contributed by atoms with Gasteiger partial charge in [0.2, 0.25) is 0 Å². The van der Waals surface area contributed by atoms with Gasteiger partial charge in [-0.25, -0.2) is 0 Å². The average Bonchev–Trinajstić information content (AvgIpc) is 3.20. The van der Waals surface area contributed by atoms with E-state index in [9.17, 15) is 0 Å². The molecule has 3 aliphatic heterocycles. The Morgan fingerprint density at radius 3 is 2.19 bits per heavy atom. The van der Waals surface area contributed by atoms with Gasteiger partial charge >= 0.3 is 0 Å². The number of allylic oxidation sites excluding steroid dienone is 5. The molecule has 0 fully saturated rings. The molecule has 0 saturated heterocycles. The molecule has 0 spiro atoms. The summed E-state index contributed by atoms with van der Waals surface area (Å²) >= 11 is 0. The van der Waals surface area contributed by atoms with Crippen molar-refractivity contribution in [2.45, 2.75) is 25.3 Å². The van der Waals surface area contributed by atoms with Crippen LogP contribution in [0.2, 0.25) is 0 Å². The highest BCUT2D eigenvalue weighted by atomic mass is 15.1. The second kappa shape index (κ2) is 9.53. The zero-order chi connectivity index (χ0) is 28.3. The molecule has 2 N–H and O–H groups in total. The average molecular weight is 544 g/mol. The molecular formula is C39H33N3. The van der Waals surface area contributed by atoms with Gasteiger partial charge in [0.25, 0.3) is 0 Å². The van der Waals surface area contributed by atoms with Crippen LogP contribution in [0.25, 0.3) is 27.8 Å². The Labute approximate surface area is 247 Å². The summed E-state index contributed by atoms with van der Waals surface area (Å²) in [7, 11) is 0. The molecule has 1 aliphatic carbocycles. The molecule has 42 heavy (non-hydrogen) atoms. The number of anilines is 3. The molecule has 2 unspecified atom stereocenters. The molecule has 4 aromatic rings. The summed E-state index contributed by atoms with van der Waals surface area (Å²) in [6.07, 6.45) is 15.3. The van der Waals surface area contributed by atoms with Crippen molar-refractivity contribution in [1.82, 2.24) is 10.6 Å². The second-order valence-electron chi connectivity index (χ2n) is 11.5. The van der Waals surface area contributed by atoms with E-state index >= 15 is 0 Å². The van der Waals surface area contributed by atoms with Crippen LogP contribution < -0.4 is 15.5 Å². The third-order valence-corrected chi connectivity index (χ3v) is 9.51. The van der Waals surface area contributed by atoms with Gasteiger partial charge in [-0.1, -0.05) is 90.5 Å². The summed E-state index contributed by atoms with van der Waals surface area (Å²) < 4.78 is 0. The van der Waals surface area contributed by atoms with Crippen LogP contribution in [0, 0.1) is 0 Å². The molecule has 0 saturated carbocycles. The molecule has 2 atom stereocenters. The smallest absolute Gasteiger partial charge is 0.0804 e. The fraction of sp³-hybridized carbons (Fsp3) is 0.128. The summed E-state index contributed by atoms with van der Waals surface area (Å²) in [5.41, 5.74) is 14.8. The molecule has 0 aromatic heterocycles. The van der Waals surface area contributed by atoms with E-state index in [-0.39, 0.29) is 11.5 Å². The van der Waals surface area contributed by atoms with E-state index in [0.29, 0.717) is 0 Å². The van der Waals surface area contributed by atoms with Crippen LogP contribution in [-0.2, 0) is 5.41 Å². The lowest BCUT2D eigenvalue weighted by Gasteiger charge is -2.43. The number of fused-ring (bicyclic) bond motifs is 6. The lowest BCUT2D eigenvalue weighted by Crippen LogP contribution is -2.51. The number of para-hydroxylation sites is 2. The highest BCUT2D eigenvalue weighted by molar-refractivity contribution is 6.04. The standard InChI is InChI=1S/C39H33N3/c1-26-27(2)39(37-20-10-12-22-40-37,38-21-11-13-23-41-38)34-24-33-30-17-7-6-16-29(30)31-18-8-9-19-35(31)42(36(33)25-32(26)34)28-14-4-3-5-15-28/h3-22,24-25,37,40-41H,23H2,1-2H3. The van der Waals surface area contributed by atoms with Crippen molar-refractivity contribution in [2.24, 2.45) is 0 Å². The van der Waals surface area contributed by atoms with E-state index in [1.807, 2.05) is 0 Å². The number of hydrogen-bond donors (Lipinski definition) is 2. The first-order valence-corrected chi connectivity index (χ1v) is 14.8. The van der Waals surface area contributed by atoms with Crippen molar-refractivity contribution in [3.63, 3.8) is 0 Å². The zero-order valence-corrected chi connectivity index (χ0v) is 23.9. The Bertz CT molecular complexity index is 1890. The van der Waals surface area contributed by atoms with E-state index in [1.165, 1.54) is 61.6 Å². The maximum Gasteiger partial charge on any atom is 0.0804 e. The minimum absolute atomic E-state index is 0.0745. The van der Waals surface area contributed by atoms with Crippen LogP contribution in [0.1, 0.15) is 25.0 Å². The largest absolute Gasteiger partial charge is 0.384 e. The number of nitrogens with one attached hydrogen (secondary N) is 2. The normalized spacial score (nSPS) is 21.4. The summed E-state index contributed by atoms with van der Waals surface area (Å²) in [5.74, 6) is 0. The van der Waals surface area contributed by atoms with Crippen LogP contribution in [0.5, 0.6) is 0 Å². The zero-order valence-electron chi connectivity index (χ0n) is 23.9. The van der Waals surface area contributed by atoms with Gasteiger partial charge in [-0.15, -0.1) is 0 Å². The highest BCUT2D eigenvalue weighted by Gasteiger charge is 2.51. The number of dihydropyridines is 2. The molecular weight excluding hydrogens is 510 g/mol. The van der Waals surface area contributed by atoms with Crippen LogP contribution in [0.15, 0.2) is 145 Å². The Morgan fingerprint density at radius 2 is 1.45 bits per heavy atom. The minimum Gasteiger partial charge on any atom is -0.384 e. The monoisotopic (exact) mass is 543 g/mol. The van der Waals surface area contributed by atoms with Crippen molar-refractivity contribution in [3.05, 3.63) is 156 Å². The molecule has 4 aliphatic rings. The fourth-order valence-electron chi connectivity index (χ4n) is 7.52. The Balaban J connectivity index is 1.48. The van der Waals surface area contributed by atoms with Gasteiger partial charge < -0.3 is 15.5 Å². The van der Waals surface area contributed by atoms with Crippen molar-refractivity contribution < 1.29 is 0 Å². The van der Waals surface area contributed by atoms with Gasteiger partial charge in [0, 0.05) is 29.1 Å². The van der Waals surface area contributed by atoms with Gasteiger partial charge in [-0.05, 0) is 90.4 Å². The van der Waals surface area contributed by atoms with E-state index in [0.717, 1.165) is 12.2 Å². The second-order valence-corrected chi connectivity index (χ2v) is 11.5. The van der Waals surface area contributed by atoms with Gasteiger partial charge in [0.1, 0.15) is 0 Å². The Kier molecular flexibility index (Phi) is 5.61. The molecule has 0 amide bonds. The van der Waals surface area contributed by atoms with Crippen LogP contribution in [0.4, 0.5) is 17.1 Å². The van der Waals surface area contributed by atoms with Crippen molar-refractivity contribution in [1.29, 1.82) is 0 Å². The molecule has 3 heteroatoms. The Hall–Kier alpha value is -5.02. The van der Waals surface area contributed by atoms with E-state index in [2.05, 4.69) is 163 Å². The van der Waals surface area contributed by atoms with Crippen molar-refractivity contribution in [3.8, 4) is 22.3 Å². The Morgan fingerprint density at radius 1 is 0.714 bits per heavy atom. The quantitative estimate of drug-likeness (QED) is 0.238. The predicted octanol–water partition coefficient (Wildman–Crippen LogP) is 8.93. The van der Waals surface area contributed by atoms with Gasteiger partial charge in [0.15, 0.2) is 0 Å². The first kappa shape index (κ1) is 24.8. The van der Waals surface area contributed by atoms with E-state index in [4.69, 9.17) is 0 Å². The number of rotatable bonds is 3. The molecule has 3 nitrogen and oxygen atoms in total. The molecule has 8 rings (SSSR count). The summed E-state index contributed by atoms with van der Waals surface area (Å²) in [5, 5.41) is 7.52. The first-order valence-electron chi connectivity index (χ1n) is 14.8. The van der Waals surface area contributed by atoms with Crippen molar-refractivity contribution >= 4 is 22.6 Å². The molecule has 204 valence electrons. The predicted molar refractivity (Wildman–Crippen MR) is 176 cm³/mol. The third kappa shape index (κ3) is 3.40. The minimum atomic E-state index is -0.369. The number of nitrogens with zero attached hydrogens (tertiary/aromatic N) is 1. The topological polar surface area (TPSA) is 27.3 Å². The van der Waals surface area contributed by atoms with E-state index in [1.54, 1.807) is 0 Å². The number of hydrogen-bond acceptors (Lipinski definition) is 3. The van der Waals surface area contributed by atoms with E-state index < -0.39 is 0 Å². The molecule has 4 aromatic carbocycles. The molecule has 0 bridgehead atoms. The van der Waals surface area contributed by atoms with Gasteiger partial charge in [-0.3, -0.25) is 0 Å². The third-order valence-electron chi connectivity index (χ3n) is 9.51. The fourth-order valence-corrected chi connectivity index (χ4v) is 7.52.